The zero-order valence-electron chi connectivity index (χ0n) is 11.3. The SMILES string of the molecule is CN(C)CCOCCNCC#Cc1ccccc1. The second-order valence-corrected chi connectivity index (χ2v) is 4.26. The van der Waals surface area contributed by atoms with Gasteiger partial charge in [-0.15, -0.1) is 0 Å². The molecule has 0 radical (unpaired) electrons. The number of benzene rings is 1. The first kappa shape index (κ1) is 14.7. The second-order valence-electron chi connectivity index (χ2n) is 4.26. The molecule has 3 heteroatoms. The first-order valence-corrected chi connectivity index (χ1v) is 6.26. The van der Waals surface area contributed by atoms with Gasteiger partial charge in [-0.1, -0.05) is 30.0 Å². The summed E-state index contributed by atoms with van der Waals surface area (Å²) in [6.07, 6.45) is 0. The van der Waals surface area contributed by atoms with E-state index in [0.717, 1.165) is 31.9 Å². The Morgan fingerprint density at radius 1 is 1.17 bits per heavy atom. The predicted octanol–water partition coefficient (Wildman–Crippen LogP) is 1.21. The van der Waals surface area contributed by atoms with Gasteiger partial charge in [0.05, 0.1) is 19.8 Å². The Labute approximate surface area is 110 Å². The molecular formula is C15H22N2O. The molecule has 0 aromatic heterocycles. The van der Waals surface area contributed by atoms with Gasteiger partial charge >= 0.3 is 0 Å². The number of ether oxygens (including phenoxy) is 1. The molecule has 0 aliphatic carbocycles. The molecule has 0 spiro atoms. The maximum Gasteiger partial charge on any atom is 0.0593 e. The predicted molar refractivity (Wildman–Crippen MR) is 75.6 cm³/mol. The Morgan fingerprint density at radius 2 is 1.94 bits per heavy atom. The molecule has 3 nitrogen and oxygen atoms in total. The molecule has 0 aliphatic heterocycles. The molecule has 0 fully saturated rings. The van der Waals surface area contributed by atoms with E-state index in [4.69, 9.17) is 4.74 Å². The fraction of sp³-hybridized carbons (Fsp3) is 0.467. The Morgan fingerprint density at radius 3 is 2.67 bits per heavy atom. The molecule has 1 N–H and O–H groups in total. The van der Waals surface area contributed by atoms with Gasteiger partial charge in [0.15, 0.2) is 0 Å². The van der Waals surface area contributed by atoms with Gasteiger partial charge in [-0.05, 0) is 26.2 Å². The molecular weight excluding hydrogens is 224 g/mol. The lowest BCUT2D eigenvalue weighted by Crippen LogP contribution is -2.23. The Balaban J connectivity index is 1.98. The average molecular weight is 246 g/mol. The fourth-order valence-corrected chi connectivity index (χ4v) is 1.31. The highest BCUT2D eigenvalue weighted by Crippen LogP contribution is 1.93. The molecule has 0 saturated carbocycles. The van der Waals surface area contributed by atoms with Gasteiger partial charge in [0.2, 0.25) is 0 Å². The lowest BCUT2D eigenvalue weighted by molar-refractivity contribution is 0.120. The fourth-order valence-electron chi connectivity index (χ4n) is 1.31. The lowest BCUT2D eigenvalue weighted by atomic mass is 10.2. The molecule has 1 rings (SSSR count). The standard InChI is InChI=1S/C15H22N2O/c1-17(2)12-14-18-13-11-16-10-6-9-15-7-4-3-5-8-15/h3-5,7-8,16H,10-14H2,1-2H3. The molecule has 98 valence electrons. The zero-order chi connectivity index (χ0) is 13.1. The monoisotopic (exact) mass is 246 g/mol. The summed E-state index contributed by atoms with van der Waals surface area (Å²) >= 11 is 0. The average Bonchev–Trinajstić information content (AvgIpc) is 2.37. The third kappa shape index (κ3) is 7.86. The van der Waals surface area contributed by atoms with Crippen LogP contribution >= 0.6 is 0 Å². The minimum absolute atomic E-state index is 0.700. The minimum Gasteiger partial charge on any atom is -0.379 e. The molecule has 18 heavy (non-hydrogen) atoms. The lowest BCUT2D eigenvalue weighted by Gasteiger charge is -2.09. The van der Waals surface area contributed by atoms with E-state index in [2.05, 4.69) is 22.1 Å². The van der Waals surface area contributed by atoms with Crippen molar-refractivity contribution in [3.05, 3.63) is 35.9 Å². The molecule has 1 aromatic rings. The third-order valence-electron chi connectivity index (χ3n) is 2.33. The summed E-state index contributed by atoms with van der Waals surface area (Å²) in [5, 5.41) is 3.23. The van der Waals surface area contributed by atoms with E-state index in [-0.39, 0.29) is 0 Å². The largest absolute Gasteiger partial charge is 0.379 e. The number of hydrogen-bond donors (Lipinski definition) is 1. The highest BCUT2D eigenvalue weighted by atomic mass is 16.5. The molecule has 0 amide bonds. The summed E-state index contributed by atoms with van der Waals surface area (Å²) in [5.41, 5.74) is 1.06. The van der Waals surface area contributed by atoms with Crippen molar-refractivity contribution in [2.45, 2.75) is 0 Å². The summed E-state index contributed by atoms with van der Waals surface area (Å²) in [7, 11) is 4.08. The number of nitrogens with zero attached hydrogens (tertiary/aromatic N) is 1. The second kappa shape index (κ2) is 9.67. The summed E-state index contributed by atoms with van der Waals surface area (Å²) < 4.78 is 5.46. The maximum absolute atomic E-state index is 5.46. The van der Waals surface area contributed by atoms with Crippen LogP contribution in [0.3, 0.4) is 0 Å². The van der Waals surface area contributed by atoms with E-state index in [9.17, 15) is 0 Å². The maximum atomic E-state index is 5.46. The Kier molecular flexibility index (Phi) is 7.90. The van der Waals surface area contributed by atoms with Crippen LogP contribution in [0, 0.1) is 11.8 Å². The van der Waals surface area contributed by atoms with Crippen molar-refractivity contribution >= 4 is 0 Å². The number of likely N-dealkylation sites (N-methyl/N-ethyl adjacent to an activating group) is 1. The summed E-state index contributed by atoms with van der Waals surface area (Å²) in [6.45, 7) is 4.03. The topological polar surface area (TPSA) is 24.5 Å². The van der Waals surface area contributed by atoms with E-state index in [0.29, 0.717) is 6.54 Å². The normalized spacial score (nSPS) is 10.2. The number of hydrogen-bond acceptors (Lipinski definition) is 3. The Hall–Kier alpha value is -1.34. The van der Waals surface area contributed by atoms with Gasteiger partial charge in [0, 0.05) is 18.7 Å². The van der Waals surface area contributed by atoms with Crippen LogP contribution in [0.15, 0.2) is 30.3 Å². The van der Waals surface area contributed by atoms with E-state index in [1.54, 1.807) is 0 Å². The van der Waals surface area contributed by atoms with Crippen molar-refractivity contribution < 1.29 is 4.74 Å². The van der Waals surface area contributed by atoms with Gasteiger partial charge in [-0.25, -0.2) is 0 Å². The van der Waals surface area contributed by atoms with Crippen molar-refractivity contribution in [2.24, 2.45) is 0 Å². The first-order valence-electron chi connectivity index (χ1n) is 6.26. The van der Waals surface area contributed by atoms with Crippen LogP contribution in [0.1, 0.15) is 5.56 Å². The zero-order valence-corrected chi connectivity index (χ0v) is 11.3. The smallest absolute Gasteiger partial charge is 0.0593 e. The summed E-state index contributed by atoms with van der Waals surface area (Å²) in [6, 6.07) is 10.0. The van der Waals surface area contributed by atoms with Crippen LogP contribution in [-0.4, -0.2) is 51.8 Å². The highest BCUT2D eigenvalue weighted by molar-refractivity contribution is 5.33. The third-order valence-corrected chi connectivity index (χ3v) is 2.33. The summed E-state index contributed by atoms with van der Waals surface area (Å²) in [4.78, 5) is 2.11. The quantitative estimate of drug-likeness (QED) is 0.578. The van der Waals surface area contributed by atoms with E-state index >= 15 is 0 Å². The van der Waals surface area contributed by atoms with Crippen molar-refractivity contribution in [3.8, 4) is 11.8 Å². The van der Waals surface area contributed by atoms with Crippen LogP contribution in [-0.2, 0) is 4.74 Å². The van der Waals surface area contributed by atoms with Crippen LogP contribution < -0.4 is 5.32 Å². The van der Waals surface area contributed by atoms with Crippen LogP contribution in [0.5, 0.6) is 0 Å². The van der Waals surface area contributed by atoms with Crippen molar-refractivity contribution in [1.29, 1.82) is 0 Å². The number of rotatable bonds is 7. The van der Waals surface area contributed by atoms with Crippen LogP contribution in [0.2, 0.25) is 0 Å². The summed E-state index contributed by atoms with van der Waals surface area (Å²) in [5.74, 6) is 6.19. The van der Waals surface area contributed by atoms with Crippen molar-refractivity contribution in [1.82, 2.24) is 10.2 Å². The molecule has 0 atom stereocenters. The van der Waals surface area contributed by atoms with Gasteiger partial charge in [0.1, 0.15) is 0 Å². The van der Waals surface area contributed by atoms with E-state index < -0.39 is 0 Å². The first-order chi connectivity index (χ1) is 8.79. The molecule has 0 heterocycles. The van der Waals surface area contributed by atoms with E-state index in [1.165, 1.54) is 0 Å². The van der Waals surface area contributed by atoms with Crippen molar-refractivity contribution in [3.63, 3.8) is 0 Å². The molecule has 0 saturated heterocycles. The molecule has 0 bridgehead atoms. The van der Waals surface area contributed by atoms with Crippen LogP contribution in [0.4, 0.5) is 0 Å². The Bertz CT molecular complexity index is 365. The number of nitrogens with one attached hydrogen (secondary N) is 1. The molecule has 0 aliphatic rings. The van der Waals surface area contributed by atoms with Gasteiger partial charge in [-0.3, -0.25) is 0 Å². The minimum atomic E-state index is 0.700. The molecule has 1 aromatic carbocycles. The van der Waals surface area contributed by atoms with Gasteiger partial charge < -0.3 is 15.0 Å². The van der Waals surface area contributed by atoms with Gasteiger partial charge in [0.25, 0.3) is 0 Å². The highest BCUT2D eigenvalue weighted by Gasteiger charge is 1.90. The van der Waals surface area contributed by atoms with Crippen LogP contribution in [0.25, 0.3) is 0 Å². The molecule has 0 unspecified atom stereocenters. The van der Waals surface area contributed by atoms with Gasteiger partial charge in [-0.2, -0.15) is 0 Å². The van der Waals surface area contributed by atoms with Crippen molar-refractivity contribution in [2.75, 3.05) is 46.9 Å². The van der Waals surface area contributed by atoms with E-state index in [1.807, 2.05) is 44.4 Å².